The number of carbonyl (C=O) groups is 2. The maximum atomic E-state index is 12.5. The Morgan fingerprint density at radius 1 is 1.00 bits per heavy atom. The van der Waals surface area contributed by atoms with E-state index in [1.54, 1.807) is 16.8 Å². The van der Waals surface area contributed by atoms with Crippen molar-refractivity contribution in [2.75, 3.05) is 13.1 Å². The molecule has 6 nitrogen and oxygen atoms in total. The van der Waals surface area contributed by atoms with E-state index in [1.165, 1.54) is 0 Å². The van der Waals surface area contributed by atoms with Gasteiger partial charge in [-0.3, -0.25) is 9.59 Å². The number of hydrogen-bond donors (Lipinski definition) is 2. The minimum atomic E-state index is -0.128. The average Bonchev–Trinajstić information content (AvgIpc) is 3.15. The number of hydrogen-bond acceptors (Lipinski definition) is 3. The van der Waals surface area contributed by atoms with Gasteiger partial charge in [-0.25, -0.2) is 4.68 Å². The average molecular weight is 425 g/mol. The van der Waals surface area contributed by atoms with Gasteiger partial charge < -0.3 is 10.6 Å². The van der Waals surface area contributed by atoms with Gasteiger partial charge in [-0.2, -0.15) is 5.10 Å². The van der Waals surface area contributed by atoms with E-state index in [2.05, 4.69) is 10.6 Å². The molecular formula is C23H25ClN4O2. The lowest BCUT2D eigenvalue weighted by atomic mass is 10.1. The van der Waals surface area contributed by atoms with Gasteiger partial charge >= 0.3 is 0 Å². The van der Waals surface area contributed by atoms with Crippen LogP contribution < -0.4 is 10.6 Å². The van der Waals surface area contributed by atoms with Crippen LogP contribution in [0, 0.1) is 5.92 Å². The lowest BCUT2D eigenvalue weighted by molar-refractivity contribution is -0.124. The van der Waals surface area contributed by atoms with E-state index in [4.69, 9.17) is 16.7 Å². The Balaban J connectivity index is 1.74. The summed E-state index contributed by atoms with van der Waals surface area (Å²) in [5, 5.41) is 11.0. The number of para-hydroxylation sites is 1. The summed E-state index contributed by atoms with van der Waals surface area (Å²) >= 11 is 6.02. The number of aromatic nitrogens is 2. The SMILES string of the molecule is CC(C)C(=O)NCCNC(=O)Cc1cn(-c2ccccc2)nc1-c1ccc(Cl)cc1. The minimum absolute atomic E-state index is 0.0292. The third-order valence-electron chi connectivity index (χ3n) is 4.55. The predicted octanol–water partition coefficient (Wildman–Crippen LogP) is 3.62. The van der Waals surface area contributed by atoms with E-state index < -0.39 is 0 Å². The molecule has 156 valence electrons. The number of rotatable bonds is 8. The quantitative estimate of drug-likeness (QED) is 0.542. The molecule has 3 aromatic rings. The van der Waals surface area contributed by atoms with Crippen molar-refractivity contribution in [1.82, 2.24) is 20.4 Å². The molecule has 0 radical (unpaired) electrons. The molecule has 0 aliphatic heterocycles. The summed E-state index contributed by atoms with van der Waals surface area (Å²) in [5.74, 6) is -0.235. The van der Waals surface area contributed by atoms with E-state index in [-0.39, 0.29) is 24.2 Å². The molecule has 0 saturated carbocycles. The zero-order valence-electron chi connectivity index (χ0n) is 17.1. The Hall–Kier alpha value is -3.12. The third-order valence-corrected chi connectivity index (χ3v) is 4.80. The van der Waals surface area contributed by atoms with Crippen LogP contribution in [0.1, 0.15) is 19.4 Å². The van der Waals surface area contributed by atoms with Crippen LogP contribution in [0.3, 0.4) is 0 Å². The fraction of sp³-hybridized carbons (Fsp3) is 0.261. The van der Waals surface area contributed by atoms with Crippen molar-refractivity contribution >= 4 is 23.4 Å². The van der Waals surface area contributed by atoms with E-state index in [1.807, 2.05) is 62.5 Å². The summed E-state index contributed by atoms with van der Waals surface area (Å²) in [6, 6.07) is 17.1. The van der Waals surface area contributed by atoms with Crippen LogP contribution in [0.15, 0.2) is 60.8 Å². The zero-order chi connectivity index (χ0) is 21.5. The van der Waals surface area contributed by atoms with Crippen LogP contribution in [0.2, 0.25) is 5.02 Å². The Morgan fingerprint density at radius 2 is 1.67 bits per heavy atom. The molecule has 30 heavy (non-hydrogen) atoms. The van der Waals surface area contributed by atoms with Gasteiger partial charge in [-0.05, 0) is 24.3 Å². The number of nitrogens with one attached hydrogen (secondary N) is 2. The molecule has 0 spiro atoms. The highest BCUT2D eigenvalue weighted by atomic mass is 35.5. The van der Waals surface area contributed by atoms with Crippen LogP contribution in [-0.4, -0.2) is 34.7 Å². The van der Waals surface area contributed by atoms with E-state index in [9.17, 15) is 9.59 Å². The Bertz CT molecular complexity index is 998. The van der Waals surface area contributed by atoms with Crippen LogP contribution >= 0.6 is 11.6 Å². The summed E-state index contributed by atoms with van der Waals surface area (Å²) in [6.07, 6.45) is 2.06. The highest BCUT2D eigenvalue weighted by Crippen LogP contribution is 2.25. The topological polar surface area (TPSA) is 76.0 Å². The first-order valence-corrected chi connectivity index (χ1v) is 10.3. The molecule has 0 atom stereocenters. The zero-order valence-corrected chi connectivity index (χ0v) is 17.8. The van der Waals surface area contributed by atoms with Crippen molar-refractivity contribution < 1.29 is 9.59 Å². The fourth-order valence-electron chi connectivity index (χ4n) is 2.93. The number of nitrogens with zero attached hydrogens (tertiary/aromatic N) is 2. The second kappa shape index (κ2) is 10.1. The largest absolute Gasteiger partial charge is 0.354 e. The molecule has 1 heterocycles. The summed E-state index contributed by atoms with van der Waals surface area (Å²) in [6.45, 7) is 4.43. The normalized spacial score (nSPS) is 10.8. The molecule has 0 fully saturated rings. The maximum Gasteiger partial charge on any atom is 0.224 e. The smallest absolute Gasteiger partial charge is 0.224 e. The Morgan fingerprint density at radius 3 is 2.33 bits per heavy atom. The van der Waals surface area contributed by atoms with Gasteiger partial charge in [0, 0.05) is 41.4 Å². The molecule has 3 rings (SSSR count). The number of amides is 2. The van der Waals surface area contributed by atoms with E-state index >= 15 is 0 Å². The molecule has 0 saturated heterocycles. The second-order valence-corrected chi connectivity index (χ2v) is 7.70. The molecule has 2 amide bonds. The van der Waals surface area contributed by atoms with Crippen molar-refractivity contribution in [3.63, 3.8) is 0 Å². The van der Waals surface area contributed by atoms with E-state index in [0.29, 0.717) is 18.1 Å². The first-order chi connectivity index (χ1) is 14.4. The third kappa shape index (κ3) is 5.70. The summed E-state index contributed by atoms with van der Waals surface area (Å²) in [4.78, 5) is 24.1. The van der Waals surface area contributed by atoms with Gasteiger partial charge in [0.15, 0.2) is 0 Å². The second-order valence-electron chi connectivity index (χ2n) is 7.26. The molecule has 7 heteroatoms. The Labute approximate surface area is 181 Å². The predicted molar refractivity (Wildman–Crippen MR) is 119 cm³/mol. The van der Waals surface area contributed by atoms with Gasteiger partial charge in [0.1, 0.15) is 0 Å². The minimum Gasteiger partial charge on any atom is -0.354 e. The first kappa shape index (κ1) is 21.6. The lowest BCUT2D eigenvalue weighted by Gasteiger charge is -2.09. The highest BCUT2D eigenvalue weighted by Gasteiger charge is 2.15. The molecule has 1 aromatic heterocycles. The molecule has 2 N–H and O–H groups in total. The standard InChI is InChI=1S/C23H25ClN4O2/c1-16(2)23(30)26-13-12-25-21(29)14-18-15-28(20-6-4-3-5-7-20)27-22(18)17-8-10-19(24)11-9-17/h3-11,15-16H,12-14H2,1-2H3,(H,25,29)(H,26,30). The molecular weight excluding hydrogens is 400 g/mol. The van der Waals surface area contributed by atoms with Crippen LogP contribution in [0.25, 0.3) is 16.9 Å². The Kier molecular flexibility index (Phi) is 7.25. The first-order valence-electron chi connectivity index (χ1n) is 9.88. The highest BCUT2D eigenvalue weighted by molar-refractivity contribution is 6.30. The molecule has 0 bridgehead atoms. The lowest BCUT2D eigenvalue weighted by Crippen LogP contribution is -2.36. The van der Waals surface area contributed by atoms with Crippen LogP contribution in [0.5, 0.6) is 0 Å². The van der Waals surface area contributed by atoms with Crippen molar-refractivity contribution in [1.29, 1.82) is 0 Å². The number of halogens is 1. The van der Waals surface area contributed by atoms with Gasteiger partial charge in [-0.1, -0.05) is 55.8 Å². The van der Waals surface area contributed by atoms with Gasteiger partial charge in [0.25, 0.3) is 0 Å². The molecule has 0 aliphatic rings. The monoisotopic (exact) mass is 424 g/mol. The van der Waals surface area contributed by atoms with Crippen molar-refractivity contribution in [2.24, 2.45) is 5.92 Å². The molecule has 0 unspecified atom stereocenters. The summed E-state index contributed by atoms with van der Waals surface area (Å²) in [5.41, 5.74) is 3.35. The molecule has 0 aliphatic carbocycles. The van der Waals surface area contributed by atoms with Gasteiger partial charge in [-0.15, -0.1) is 0 Å². The van der Waals surface area contributed by atoms with Crippen molar-refractivity contribution in [2.45, 2.75) is 20.3 Å². The van der Waals surface area contributed by atoms with Crippen LogP contribution in [-0.2, 0) is 16.0 Å². The fourth-order valence-corrected chi connectivity index (χ4v) is 3.06. The number of benzene rings is 2. The van der Waals surface area contributed by atoms with Gasteiger partial charge in [0.05, 0.1) is 17.8 Å². The van der Waals surface area contributed by atoms with Crippen molar-refractivity contribution in [3.8, 4) is 16.9 Å². The summed E-state index contributed by atoms with van der Waals surface area (Å²) in [7, 11) is 0. The maximum absolute atomic E-state index is 12.5. The van der Waals surface area contributed by atoms with Crippen LogP contribution in [0.4, 0.5) is 0 Å². The van der Waals surface area contributed by atoms with E-state index in [0.717, 1.165) is 22.5 Å². The summed E-state index contributed by atoms with van der Waals surface area (Å²) < 4.78 is 1.77. The van der Waals surface area contributed by atoms with Crippen molar-refractivity contribution in [3.05, 3.63) is 71.4 Å². The molecule has 2 aromatic carbocycles. The van der Waals surface area contributed by atoms with Gasteiger partial charge in [0.2, 0.25) is 11.8 Å². The number of carbonyl (C=O) groups excluding carboxylic acids is 2.